The van der Waals surface area contributed by atoms with Crippen molar-refractivity contribution in [3.8, 4) is 22.3 Å². The molecular weight excluding hydrogens is 631 g/mol. The van der Waals surface area contributed by atoms with E-state index in [2.05, 4.69) is 151 Å². The predicted octanol–water partition coefficient (Wildman–Crippen LogP) is 11.8. The number of hydrogen-bond acceptors (Lipinski definition) is 5. The van der Waals surface area contributed by atoms with E-state index in [1.54, 1.807) is 0 Å². The zero-order chi connectivity index (χ0) is 33.0. The average molecular weight is 660 g/mol. The molecule has 5 heteroatoms. The number of rotatable bonds is 5. The van der Waals surface area contributed by atoms with Gasteiger partial charge in [0.2, 0.25) is 0 Å². The summed E-state index contributed by atoms with van der Waals surface area (Å²) in [5, 5.41) is 8.35. The molecule has 1 aliphatic rings. The van der Waals surface area contributed by atoms with Crippen LogP contribution in [0.2, 0.25) is 0 Å². The molecule has 0 bridgehead atoms. The Bertz CT molecular complexity index is 2780. The Morgan fingerprint density at radius 2 is 1.10 bits per heavy atom. The molecule has 9 aromatic rings. The molecule has 1 aliphatic heterocycles. The Balaban J connectivity index is 1.08. The van der Waals surface area contributed by atoms with Crippen LogP contribution in [-0.2, 0) is 0 Å². The highest BCUT2D eigenvalue weighted by molar-refractivity contribution is 7.25. The maximum atomic E-state index is 6.49. The summed E-state index contributed by atoms with van der Waals surface area (Å²) >= 11 is 1.81. The lowest BCUT2D eigenvalue weighted by Crippen LogP contribution is -2.36. The van der Waals surface area contributed by atoms with Crippen molar-refractivity contribution in [1.82, 2.24) is 5.32 Å². The third-order valence-corrected chi connectivity index (χ3v) is 10.7. The first-order valence-corrected chi connectivity index (χ1v) is 17.6. The number of fused-ring (bicyclic) bond motifs is 6. The Morgan fingerprint density at radius 3 is 1.92 bits per heavy atom. The summed E-state index contributed by atoms with van der Waals surface area (Å²) in [7, 11) is 0. The molecule has 10 rings (SSSR count). The van der Waals surface area contributed by atoms with Crippen molar-refractivity contribution >= 4 is 65.1 Å². The lowest BCUT2D eigenvalue weighted by Gasteiger charge is -2.22. The van der Waals surface area contributed by atoms with Gasteiger partial charge in [-0.15, -0.1) is 11.3 Å². The highest BCUT2D eigenvalue weighted by atomic mass is 32.1. The van der Waals surface area contributed by atoms with Crippen molar-refractivity contribution in [3.05, 3.63) is 180 Å². The van der Waals surface area contributed by atoms with Crippen LogP contribution in [0.3, 0.4) is 0 Å². The summed E-state index contributed by atoms with van der Waals surface area (Å²) in [6.45, 7) is 0. The summed E-state index contributed by atoms with van der Waals surface area (Å²) < 4.78 is 9.01. The molecule has 0 aliphatic carbocycles. The number of benzene rings is 7. The van der Waals surface area contributed by atoms with Crippen molar-refractivity contribution in [3.63, 3.8) is 0 Å². The Hall–Kier alpha value is -6.30. The lowest BCUT2D eigenvalue weighted by molar-refractivity contribution is 0.669. The average Bonchev–Trinajstić information content (AvgIpc) is 3.76. The monoisotopic (exact) mass is 659 g/mol. The first kappa shape index (κ1) is 28.7. The van der Waals surface area contributed by atoms with Crippen molar-refractivity contribution in [2.45, 2.75) is 6.17 Å². The fraction of sp³-hybridized carbons (Fsp3) is 0.0222. The van der Waals surface area contributed by atoms with E-state index in [9.17, 15) is 0 Å². The highest BCUT2D eigenvalue weighted by Crippen LogP contribution is 2.39. The standard InChI is InChI=1S/C45H29N3OS/c1-3-10-28(11-4-1)29-18-20-31(21-19-29)43-46-44(48-45(47-43)33-22-24-36-35-14-7-8-17-40(35)50-41(36)27-33)32-23-25-37-39(26-32)49-38-16-9-15-34(42(37)38)30-12-5-2-6-13-30/h1-27,45H,(H,46,47,48). The molecule has 3 heterocycles. The molecule has 0 spiro atoms. The SMILES string of the molecule is c1ccc(-c2ccc(C3=NC(c4ccc5c(c4)sc4ccccc45)N=C(c4ccc5c(c4)oc4cccc(-c6ccccc6)c45)N3)cc2)cc1. The molecule has 236 valence electrons. The molecule has 4 nitrogen and oxygen atoms in total. The first-order valence-electron chi connectivity index (χ1n) is 16.8. The van der Waals surface area contributed by atoms with Crippen LogP contribution in [0.4, 0.5) is 0 Å². The Morgan fingerprint density at radius 1 is 0.460 bits per heavy atom. The molecule has 1 unspecified atom stereocenters. The molecule has 1 atom stereocenters. The summed E-state index contributed by atoms with van der Waals surface area (Å²) in [5.41, 5.74) is 9.37. The minimum atomic E-state index is -0.416. The second-order valence-corrected chi connectivity index (χ2v) is 13.7. The minimum absolute atomic E-state index is 0.416. The van der Waals surface area contributed by atoms with E-state index in [-0.39, 0.29) is 0 Å². The van der Waals surface area contributed by atoms with Gasteiger partial charge < -0.3 is 9.73 Å². The molecule has 0 amide bonds. The molecule has 0 fully saturated rings. The van der Waals surface area contributed by atoms with Gasteiger partial charge in [0.05, 0.1) is 0 Å². The van der Waals surface area contributed by atoms with Crippen LogP contribution in [0.1, 0.15) is 22.9 Å². The third kappa shape index (κ3) is 4.90. The largest absolute Gasteiger partial charge is 0.456 e. The first-order chi connectivity index (χ1) is 24.7. The smallest absolute Gasteiger partial charge is 0.169 e. The van der Waals surface area contributed by atoms with E-state index in [1.165, 1.54) is 31.3 Å². The number of furan rings is 1. The molecule has 0 radical (unpaired) electrons. The number of thiophene rings is 1. The summed E-state index contributed by atoms with van der Waals surface area (Å²) in [5.74, 6) is 1.54. The van der Waals surface area contributed by atoms with Crippen molar-refractivity contribution in [2.24, 2.45) is 9.98 Å². The van der Waals surface area contributed by atoms with Gasteiger partial charge in [-0.05, 0) is 58.1 Å². The van der Waals surface area contributed by atoms with Gasteiger partial charge in [0.15, 0.2) is 6.17 Å². The van der Waals surface area contributed by atoms with E-state index < -0.39 is 6.17 Å². The second kappa shape index (κ2) is 11.7. The lowest BCUT2D eigenvalue weighted by atomic mass is 9.99. The molecule has 2 aromatic heterocycles. The van der Waals surface area contributed by atoms with Crippen LogP contribution in [-0.4, -0.2) is 11.7 Å². The summed E-state index contributed by atoms with van der Waals surface area (Å²) in [4.78, 5) is 10.4. The van der Waals surface area contributed by atoms with Crippen molar-refractivity contribution in [2.75, 3.05) is 0 Å². The van der Waals surface area contributed by atoms with Crippen molar-refractivity contribution in [1.29, 1.82) is 0 Å². The Kier molecular flexibility index (Phi) is 6.71. The van der Waals surface area contributed by atoms with Crippen LogP contribution < -0.4 is 5.32 Å². The highest BCUT2D eigenvalue weighted by Gasteiger charge is 2.23. The fourth-order valence-electron chi connectivity index (χ4n) is 7.08. The maximum Gasteiger partial charge on any atom is 0.169 e. The second-order valence-electron chi connectivity index (χ2n) is 12.6. The number of amidine groups is 2. The zero-order valence-corrected chi connectivity index (χ0v) is 27.7. The molecule has 0 saturated carbocycles. The number of nitrogens with zero attached hydrogens (tertiary/aromatic N) is 2. The summed E-state index contributed by atoms with van der Waals surface area (Å²) in [6, 6.07) is 57.4. The quantitative estimate of drug-likeness (QED) is 0.200. The van der Waals surface area contributed by atoms with Crippen LogP contribution in [0.5, 0.6) is 0 Å². The van der Waals surface area contributed by atoms with E-state index in [0.717, 1.165) is 61.4 Å². The van der Waals surface area contributed by atoms with Gasteiger partial charge >= 0.3 is 0 Å². The van der Waals surface area contributed by atoms with Crippen LogP contribution in [0.15, 0.2) is 178 Å². The van der Waals surface area contributed by atoms with Gasteiger partial charge in [-0.1, -0.05) is 133 Å². The van der Waals surface area contributed by atoms with Gasteiger partial charge in [-0.3, -0.25) is 0 Å². The normalized spacial score (nSPS) is 14.6. The number of nitrogens with one attached hydrogen (secondary N) is 1. The third-order valence-electron chi connectivity index (χ3n) is 9.56. The van der Waals surface area contributed by atoms with E-state index in [4.69, 9.17) is 14.4 Å². The molecule has 0 saturated heterocycles. The predicted molar refractivity (Wildman–Crippen MR) is 209 cm³/mol. The van der Waals surface area contributed by atoms with E-state index >= 15 is 0 Å². The van der Waals surface area contributed by atoms with Crippen molar-refractivity contribution < 1.29 is 4.42 Å². The fourth-order valence-corrected chi connectivity index (χ4v) is 8.23. The molecule has 50 heavy (non-hydrogen) atoms. The number of aliphatic imine (C=N–C) groups is 2. The Labute approximate surface area is 292 Å². The zero-order valence-electron chi connectivity index (χ0n) is 26.9. The number of hydrogen-bond donors (Lipinski definition) is 1. The van der Waals surface area contributed by atoms with Gasteiger partial charge in [-0.25, -0.2) is 9.98 Å². The van der Waals surface area contributed by atoms with Gasteiger partial charge in [-0.2, -0.15) is 0 Å². The minimum Gasteiger partial charge on any atom is -0.456 e. The van der Waals surface area contributed by atoms with Gasteiger partial charge in [0, 0.05) is 42.1 Å². The maximum absolute atomic E-state index is 6.49. The van der Waals surface area contributed by atoms with Crippen LogP contribution >= 0.6 is 11.3 Å². The van der Waals surface area contributed by atoms with Crippen LogP contribution in [0, 0.1) is 0 Å². The molecule has 1 N–H and O–H groups in total. The topological polar surface area (TPSA) is 49.9 Å². The van der Waals surface area contributed by atoms with Crippen LogP contribution in [0.25, 0.3) is 64.4 Å². The van der Waals surface area contributed by atoms with Gasteiger partial charge in [0.1, 0.15) is 22.8 Å². The molecular formula is C45H29N3OS. The van der Waals surface area contributed by atoms with Gasteiger partial charge in [0.25, 0.3) is 0 Å². The molecule has 7 aromatic carbocycles. The summed E-state index contributed by atoms with van der Waals surface area (Å²) in [6.07, 6.45) is -0.416. The van der Waals surface area contributed by atoms with E-state index in [1.807, 2.05) is 29.5 Å². The van der Waals surface area contributed by atoms with E-state index in [0.29, 0.717) is 0 Å².